The van der Waals surface area contributed by atoms with Crippen LogP contribution in [0.1, 0.15) is 18.4 Å². The van der Waals surface area contributed by atoms with E-state index < -0.39 is 11.2 Å². The lowest BCUT2D eigenvalue weighted by molar-refractivity contribution is -0.118. The number of carbonyl (C=O) groups excluding carboxylic acids is 1. The first-order valence-corrected chi connectivity index (χ1v) is 11.2. The van der Waals surface area contributed by atoms with Crippen molar-refractivity contribution in [2.75, 3.05) is 26.6 Å². The van der Waals surface area contributed by atoms with Crippen LogP contribution in [0.5, 0.6) is 17.2 Å². The molecule has 0 spiro atoms. The molecule has 1 amide bonds. The number of hydrogen-bond acceptors (Lipinski definition) is 7. The number of hydrogen-bond donors (Lipinski definition) is 2. The van der Waals surface area contributed by atoms with Gasteiger partial charge in [-0.2, -0.15) is 0 Å². The molecule has 1 aromatic heterocycles. The van der Waals surface area contributed by atoms with Crippen LogP contribution in [0.4, 0.5) is 10.1 Å². The van der Waals surface area contributed by atoms with Gasteiger partial charge in [0.15, 0.2) is 17.3 Å². The van der Waals surface area contributed by atoms with Crippen molar-refractivity contribution < 1.29 is 23.4 Å². The first-order valence-electron chi connectivity index (χ1n) is 11.2. The van der Waals surface area contributed by atoms with Crippen molar-refractivity contribution in [1.29, 1.82) is 0 Å². The molecule has 9 nitrogen and oxygen atoms in total. The van der Waals surface area contributed by atoms with Crippen LogP contribution in [-0.4, -0.2) is 47.9 Å². The number of tetrazole rings is 1. The molecule has 3 aromatic carbocycles. The second-order valence-electron chi connectivity index (χ2n) is 8.46. The van der Waals surface area contributed by atoms with Gasteiger partial charge in [-0.15, -0.1) is 5.10 Å². The van der Waals surface area contributed by atoms with E-state index in [2.05, 4.69) is 25.9 Å². The van der Waals surface area contributed by atoms with Crippen molar-refractivity contribution >= 4 is 11.6 Å². The molecule has 184 valence electrons. The number of benzene rings is 3. The number of nitrogens with one attached hydrogen (secondary N) is 2. The van der Waals surface area contributed by atoms with Crippen LogP contribution in [-0.2, 0) is 10.2 Å². The number of ether oxygens (including phenoxy) is 3. The van der Waals surface area contributed by atoms with Crippen molar-refractivity contribution in [1.82, 2.24) is 20.6 Å². The Morgan fingerprint density at radius 2 is 1.75 bits per heavy atom. The fourth-order valence-electron chi connectivity index (χ4n) is 4.34. The van der Waals surface area contributed by atoms with E-state index in [0.29, 0.717) is 52.7 Å². The average molecular weight is 490 g/mol. The fourth-order valence-corrected chi connectivity index (χ4v) is 4.34. The highest BCUT2D eigenvalue weighted by molar-refractivity contribution is 6.02. The minimum atomic E-state index is -0.936. The molecule has 1 heterocycles. The second-order valence-corrected chi connectivity index (χ2v) is 8.46. The number of H-pyrrole nitrogens is 1. The Labute approximate surface area is 206 Å². The zero-order valence-electron chi connectivity index (χ0n) is 20.0. The third kappa shape index (κ3) is 4.10. The predicted octanol–water partition coefficient (Wildman–Crippen LogP) is 4.37. The number of anilines is 1. The molecule has 0 radical (unpaired) electrons. The van der Waals surface area contributed by atoms with Gasteiger partial charge >= 0.3 is 0 Å². The van der Waals surface area contributed by atoms with Gasteiger partial charge in [-0.3, -0.25) is 4.79 Å². The molecule has 0 bridgehead atoms. The molecule has 0 aliphatic heterocycles. The van der Waals surface area contributed by atoms with Crippen LogP contribution in [0.15, 0.2) is 54.6 Å². The minimum absolute atomic E-state index is 0.282. The Balaban J connectivity index is 1.50. The maximum absolute atomic E-state index is 14.7. The molecular formula is C26H24FN5O4. The van der Waals surface area contributed by atoms with E-state index >= 15 is 0 Å². The number of aromatic amines is 1. The smallest absolute Gasteiger partial charge is 0.235 e. The van der Waals surface area contributed by atoms with Gasteiger partial charge in [0.2, 0.25) is 5.91 Å². The van der Waals surface area contributed by atoms with Gasteiger partial charge < -0.3 is 19.5 Å². The number of amides is 1. The van der Waals surface area contributed by atoms with Crippen LogP contribution in [0.2, 0.25) is 0 Å². The summed E-state index contributed by atoms with van der Waals surface area (Å²) in [6.45, 7) is 0. The summed E-state index contributed by atoms with van der Waals surface area (Å²) in [6, 6.07) is 15.4. The molecule has 0 unspecified atom stereocenters. The summed E-state index contributed by atoms with van der Waals surface area (Å²) < 4.78 is 30.7. The maximum Gasteiger partial charge on any atom is 0.235 e. The van der Waals surface area contributed by atoms with Crippen LogP contribution < -0.4 is 19.5 Å². The lowest BCUT2D eigenvalue weighted by atomic mass is 9.93. The first-order chi connectivity index (χ1) is 17.5. The Bertz CT molecular complexity index is 1420. The molecule has 1 aliphatic carbocycles. The highest BCUT2D eigenvalue weighted by atomic mass is 19.1. The number of halogens is 1. The molecule has 5 rings (SSSR count). The van der Waals surface area contributed by atoms with Gasteiger partial charge in [0.25, 0.3) is 0 Å². The van der Waals surface area contributed by atoms with Crippen molar-refractivity contribution in [3.05, 3.63) is 66.0 Å². The molecule has 1 fully saturated rings. The average Bonchev–Trinajstić information content (AvgIpc) is 3.54. The fraction of sp³-hybridized carbons (Fsp3) is 0.231. The summed E-state index contributed by atoms with van der Waals surface area (Å²) in [4.78, 5) is 13.4. The molecule has 36 heavy (non-hydrogen) atoms. The normalized spacial score (nSPS) is 13.7. The van der Waals surface area contributed by atoms with Crippen LogP contribution in [0, 0.1) is 5.82 Å². The zero-order chi connectivity index (χ0) is 25.3. The topological polar surface area (TPSA) is 111 Å². The molecule has 0 saturated heterocycles. The molecule has 4 aromatic rings. The van der Waals surface area contributed by atoms with Crippen LogP contribution in [0.3, 0.4) is 0 Å². The summed E-state index contributed by atoms with van der Waals surface area (Å²) in [5, 5.41) is 17.2. The third-order valence-corrected chi connectivity index (χ3v) is 6.45. The number of carbonyl (C=O) groups is 1. The van der Waals surface area contributed by atoms with E-state index in [4.69, 9.17) is 14.2 Å². The number of nitrogens with zero attached hydrogens (tertiary/aromatic N) is 3. The van der Waals surface area contributed by atoms with Gasteiger partial charge in [-0.25, -0.2) is 9.49 Å². The zero-order valence-corrected chi connectivity index (χ0v) is 20.0. The Morgan fingerprint density at radius 3 is 2.42 bits per heavy atom. The standard InChI is InChI=1S/C26H24FN5O4/c1-34-17-6-8-21(27)20(14-17)26(10-11-26)25(33)28-16-5-7-18(19(13-16)24-29-31-32-30-24)15-4-9-22(35-2)23(12-15)36-3/h4-9,12-14H,10-11H2,1-3H3,(H,28,33)(H,29,30,31,32). The second kappa shape index (κ2) is 9.29. The van der Waals surface area contributed by atoms with Crippen molar-refractivity contribution in [3.63, 3.8) is 0 Å². The molecule has 1 aliphatic rings. The van der Waals surface area contributed by atoms with Gasteiger partial charge in [-0.05, 0) is 76.9 Å². The van der Waals surface area contributed by atoms with Gasteiger partial charge in [-0.1, -0.05) is 12.1 Å². The number of aromatic nitrogens is 4. The monoisotopic (exact) mass is 489 g/mol. The maximum atomic E-state index is 14.7. The summed E-state index contributed by atoms with van der Waals surface area (Å²) in [6.07, 6.45) is 1.09. The molecule has 2 N–H and O–H groups in total. The summed E-state index contributed by atoms with van der Waals surface area (Å²) in [7, 11) is 4.65. The Morgan fingerprint density at radius 1 is 0.944 bits per heavy atom. The van der Waals surface area contributed by atoms with Crippen molar-refractivity contribution in [2.45, 2.75) is 18.3 Å². The first kappa shape index (κ1) is 23.3. The molecule has 10 heteroatoms. The molecule has 0 atom stereocenters. The van der Waals surface area contributed by atoms with Crippen LogP contribution >= 0.6 is 0 Å². The number of rotatable bonds is 8. The quantitative estimate of drug-likeness (QED) is 0.378. The SMILES string of the molecule is COc1ccc(F)c(C2(C(=O)Nc3ccc(-c4ccc(OC)c(OC)c4)c(-c4nnn[nH]4)c3)CC2)c1. The van der Waals surface area contributed by atoms with E-state index in [1.54, 1.807) is 32.4 Å². The predicted molar refractivity (Wildman–Crippen MR) is 131 cm³/mol. The van der Waals surface area contributed by atoms with Gasteiger partial charge in [0, 0.05) is 16.8 Å². The lowest BCUT2D eigenvalue weighted by Crippen LogP contribution is -2.28. The van der Waals surface area contributed by atoms with Gasteiger partial charge in [0.05, 0.1) is 26.7 Å². The summed E-state index contributed by atoms with van der Waals surface area (Å²) in [5.74, 6) is 1.40. The van der Waals surface area contributed by atoms with E-state index in [0.717, 1.165) is 11.1 Å². The van der Waals surface area contributed by atoms with E-state index in [-0.39, 0.29) is 5.91 Å². The Hall–Kier alpha value is -4.47. The summed E-state index contributed by atoms with van der Waals surface area (Å²) >= 11 is 0. The highest BCUT2D eigenvalue weighted by Crippen LogP contribution is 2.50. The van der Waals surface area contributed by atoms with Crippen LogP contribution in [0.25, 0.3) is 22.5 Å². The van der Waals surface area contributed by atoms with Crippen molar-refractivity contribution in [3.8, 4) is 39.8 Å². The van der Waals surface area contributed by atoms with E-state index in [9.17, 15) is 9.18 Å². The van der Waals surface area contributed by atoms with E-state index in [1.165, 1.54) is 19.2 Å². The molecular weight excluding hydrogens is 465 g/mol. The largest absolute Gasteiger partial charge is 0.497 e. The lowest BCUT2D eigenvalue weighted by Gasteiger charge is -2.18. The minimum Gasteiger partial charge on any atom is -0.497 e. The summed E-state index contributed by atoms with van der Waals surface area (Å²) in [5.41, 5.74) is 2.25. The van der Waals surface area contributed by atoms with Crippen molar-refractivity contribution in [2.24, 2.45) is 0 Å². The number of methoxy groups -OCH3 is 3. The highest BCUT2D eigenvalue weighted by Gasteiger charge is 2.53. The van der Waals surface area contributed by atoms with E-state index in [1.807, 2.05) is 24.3 Å². The Kier molecular flexibility index (Phi) is 6.01. The van der Waals surface area contributed by atoms with Gasteiger partial charge in [0.1, 0.15) is 11.6 Å². The molecule has 1 saturated carbocycles. The third-order valence-electron chi connectivity index (χ3n) is 6.45.